The van der Waals surface area contributed by atoms with Gasteiger partial charge in [-0.25, -0.2) is 8.42 Å². The van der Waals surface area contributed by atoms with Crippen molar-refractivity contribution in [2.75, 3.05) is 43.7 Å². The monoisotopic (exact) mass is 505 g/mol. The summed E-state index contributed by atoms with van der Waals surface area (Å²) >= 11 is 5.90. The summed E-state index contributed by atoms with van der Waals surface area (Å²) in [6, 6.07) is 15.9. The fourth-order valence-electron chi connectivity index (χ4n) is 3.54. The van der Waals surface area contributed by atoms with Crippen molar-refractivity contribution in [1.29, 1.82) is 0 Å². The molecular formula is C23H24ClN3O6S. The van der Waals surface area contributed by atoms with E-state index >= 15 is 0 Å². The number of hydrogen-bond acceptors (Lipinski definition) is 7. The van der Waals surface area contributed by atoms with E-state index in [-0.39, 0.29) is 11.3 Å². The van der Waals surface area contributed by atoms with E-state index in [9.17, 15) is 18.4 Å². The van der Waals surface area contributed by atoms with Gasteiger partial charge in [0.15, 0.2) is 4.90 Å². The van der Waals surface area contributed by atoms with E-state index in [0.717, 1.165) is 6.20 Å². The van der Waals surface area contributed by atoms with Crippen LogP contribution in [0.3, 0.4) is 0 Å². The van der Waals surface area contributed by atoms with Crippen LogP contribution in [0.4, 0.5) is 5.69 Å². The number of halogens is 1. The van der Waals surface area contributed by atoms with E-state index < -0.39 is 20.5 Å². The van der Waals surface area contributed by atoms with Gasteiger partial charge in [-0.1, -0.05) is 11.6 Å². The van der Waals surface area contributed by atoms with Gasteiger partial charge in [-0.15, -0.1) is 0 Å². The van der Waals surface area contributed by atoms with Crippen molar-refractivity contribution in [2.24, 2.45) is 0 Å². The number of morpholine rings is 1. The van der Waals surface area contributed by atoms with Crippen molar-refractivity contribution in [3.05, 3.63) is 82.2 Å². The molecule has 180 valence electrons. The van der Waals surface area contributed by atoms with E-state index in [2.05, 4.69) is 4.90 Å². The van der Waals surface area contributed by atoms with Gasteiger partial charge in [0.25, 0.3) is 10.0 Å². The molecule has 0 amide bonds. The van der Waals surface area contributed by atoms with Gasteiger partial charge in [0.05, 0.1) is 18.9 Å². The van der Waals surface area contributed by atoms with Crippen LogP contribution in [0.15, 0.2) is 76.6 Å². The molecule has 1 saturated heterocycles. The molecule has 11 heteroatoms. The lowest BCUT2D eigenvalue weighted by Gasteiger charge is -2.30. The summed E-state index contributed by atoms with van der Waals surface area (Å²) in [5.74, 6) is 1.09. The van der Waals surface area contributed by atoms with Crippen LogP contribution >= 0.6 is 11.6 Å². The number of benzene rings is 2. The first kappa shape index (κ1) is 24.1. The lowest BCUT2D eigenvalue weighted by atomic mass is 10.3. The number of nitrogens with zero attached hydrogens (tertiary/aromatic N) is 3. The summed E-state index contributed by atoms with van der Waals surface area (Å²) in [6.45, 7) is 3.10. The Labute approximate surface area is 202 Å². The summed E-state index contributed by atoms with van der Waals surface area (Å²) in [4.78, 5) is 14.0. The second-order valence-corrected chi connectivity index (χ2v) is 9.87. The van der Waals surface area contributed by atoms with Gasteiger partial charge in [0.2, 0.25) is 0 Å². The predicted octanol–water partition coefficient (Wildman–Crippen LogP) is 3.06. The van der Waals surface area contributed by atoms with Crippen LogP contribution in [-0.2, 0) is 14.8 Å². The fraction of sp³-hybridized carbons (Fsp3) is 0.261. The molecule has 0 aliphatic carbocycles. The van der Waals surface area contributed by atoms with Crippen molar-refractivity contribution < 1.29 is 23.1 Å². The molecule has 1 aliphatic rings. The maximum absolute atomic E-state index is 13.5. The summed E-state index contributed by atoms with van der Waals surface area (Å²) < 4.78 is 39.6. The van der Waals surface area contributed by atoms with Crippen LogP contribution in [0.2, 0.25) is 5.02 Å². The molecule has 2 aromatic carbocycles. The maximum atomic E-state index is 13.5. The highest BCUT2D eigenvalue weighted by atomic mass is 35.5. The van der Waals surface area contributed by atoms with Crippen LogP contribution in [0.25, 0.3) is 0 Å². The Morgan fingerprint density at radius 2 is 1.62 bits per heavy atom. The molecule has 1 fully saturated rings. The molecule has 0 unspecified atom stereocenters. The van der Waals surface area contributed by atoms with Gasteiger partial charge in [0, 0.05) is 37.4 Å². The molecule has 1 aliphatic heterocycles. The van der Waals surface area contributed by atoms with Gasteiger partial charge >= 0.3 is 5.56 Å². The largest absolute Gasteiger partial charge is 0.457 e. The Balaban J connectivity index is 1.62. The van der Waals surface area contributed by atoms with Gasteiger partial charge < -0.3 is 14.7 Å². The molecule has 0 radical (unpaired) electrons. The molecule has 1 N–H and O–H groups in total. The van der Waals surface area contributed by atoms with Crippen molar-refractivity contribution in [2.45, 2.75) is 4.90 Å². The Hall–Kier alpha value is -3.05. The lowest BCUT2D eigenvalue weighted by molar-refractivity contribution is 0.0395. The Bertz CT molecular complexity index is 1270. The Morgan fingerprint density at radius 3 is 2.26 bits per heavy atom. The molecule has 4 rings (SSSR count). The number of sulfonamides is 1. The van der Waals surface area contributed by atoms with E-state index in [0.29, 0.717) is 55.1 Å². The molecule has 34 heavy (non-hydrogen) atoms. The third kappa shape index (κ3) is 5.53. The van der Waals surface area contributed by atoms with Crippen LogP contribution in [0.1, 0.15) is 0 Å². The maximum Gasteiger partial charge on any atom is 0.303 e. The average molecular weight is 506 g/mol. The zero-order chi connectivity index (χ0) is 24.1. The number of ether oxygens (including phenoxy) is 2. The first-order chi connectivity index (χ1) is 16.3. The Kier molecular flexibility index (Phi) is 7.42. The number of hydrogen-bond donors (Lipinski definition) is 1. The SMILES string of the molecule is O=c1c(S(=O)(=O)N(CCN2CCOCC2)c2ccc(Oc3ccc(Cl)cc3)cc2)cccn1O. The van der Waals surface area contributed by atoms with E-state index in [1.165, 1.54) is 16.4 Å². The average Bonchev–Trinajstić information content (AvgIpc) is 2.84. The van der Waals surface area contributed by atoms with Crippen molar-refractivity contribution >= 4 is 27.3 Å². The molecule has 0 atom stereocenters. The van der Waals surface area contributed by atoms with Crippen LogP contribution < -0.4 is 14.6 Å². The zero-order valence-electron chi connectivity index (χ0n) is 18.2. The lowest BCUT2D eigenvalue weighted by Crippen LogP contribution is -2.44. The second-order valence-electron chi connectivity index (χ2n) is 7.60. The fourth-order valence-corrected chi connectivity index (χ4v) is 5.19. The zero-order valence-corrected chi connectivity index (χ0v) is 19.8. The minimum atomic E-state index is -4.26. The number of rotatable bonds is 8. The summed E-state index contributed by atoms with van der Waals surface area (Å²) in [7, 11) is -4.26. The third-order valence-corrected chi connectivity index (χ3v) is 7.45. The normalized spacial score (nSPS) is 14.6. The predicted molar refractivity (Wildman–Crippen MR) is 128 cm³/mol. The summed E-state index contributed by atoms with van der Waals surface area (Å²) in [6.07, 6.45) is 1.09. The van der Waals surface area contributed by atoms with E-state index in [1.807, 2.05) is 0 Å². The van der Waals surface area contributed by atoms with Gasteiger partial charge in [0.1, 0.15) is 11.5 Å². The standard InChI is InChI=1S/C23H24ClN3O6S/c24-18-3-7-20(8-4-18)33-21-9-5-19(6-10-21)27(13-12-25-14-16-32-17-15-25)34(30,31)22-2-1-11-26(29)23(22)28/h1-11,29H,12-17H2. The van der Waals surface area contributed by atoms with Crippen molar-refractivity contribution in [1.82, 2.24) is 9.63 Å². The molecule has 0 spiro atoms. The molecule has 9 nitrogen and oxygen atoms in total. The summed E-state index contributed by atoms with van der Waals surface area (Å²) in [5, 5.41) is 10.3. The third-order valence-electron chi connectivity index (χ3n) is 5.36. The van der Waals surface area contributed by atoms with Crippen molar-refractivity contribution in [3.8, 4) is 11.5 Å². The van der Waals surface area contributed by atoms with E-state index in [4.69, 9.17) is 21.1 Å². The molecular weight excluding hydrogens is 482 g/mol. The van der Waals surface area contributed by atoms with Gasteiger partial charge in [-0.3, -0.25) is 14.0 Å². The van der Waals surface area contributed by atoms with E-state index in [1.54, 1.807) is 48.5 Å². The highest BCUT2D eigenvalue weighted by Gasteiger charge is 2.29. The highest BCUT2D eigenvalue weighted by Crippen LogP contribution is 2.28. The Morgan fingerprint density at radius 1 is 1.00 bits per heavy atom. The molecule has 1 aromatic heterocycles. The van der Waals surface area contributed by atoms with Crippen molar-refractivity contribution in [3.63, 3.8) is 0 Å². The molecule has 2 heterocycles. The molecule has 3 aromatic rings. The number of pyridine rings is 1. The smallest absolute Gasteiger partial charge is 0.303 e. The summed E-state index contributed by atoms with van der Waals surface area (Å²) in [5.41, 5.74) is -0.647. The number of aromatic nitrogens is 1. The van der Waals surface area contributed by atoms with Gasteiger partial charge in [-0.05, 0) is 60.7 Å². The number of anilines is 1. The first-order valence-electron chi connectivity index (χ1n) is 10.6. The minimum absolute atomic E-state index is 0.111. The van der Waals surface area contributed by atoms with Crippen LogP contribution in [0, 0.1) is 0 Å². The molecule has 0 saturated carbocycles. The quantitative estimate of drug-likeness (QED) is 0.469. The van der Waals surface area contributed by atoms with Crippen LogP contribution in [0.5, 0.6) is 11.5 Å². The highest BCUT2D eigenvalue weighted by molar-refractivity contribution is 7.92. The minimum Gasteiger partial charge on any atom is -0.457 e. The van der Waals surface area contributed by atoms with Crippen LogP contribution in [-0.4, -0.2) is 62.6 Å². The first-order valence-corrected chi connectivity index (χ1v) is 12.4. The second kappa shape index (κ2) is 10.5. The molecule has 0 bridgehead atoms. The topological polar surface area (TPSA) is 101 Å². The van der Waals surface area contributed by atoms with Gasteiger partial charge in [-0.2, -0.15) is 4.73 Å².